The number of piperazine rings is 1. The second-order valence-electron chi connectivity index (χ2n) is 8.22. The molecule has 1 aromatic carbocycles. The van der Waals surface area contributed by atoms with Crippen molar-refractivity contribution in [1.29, 1.82) is 0 Å². The van der Waals surface area contributed by atoms with E-state index in [-0.39, 0.29) is 5.75 Å². The van der Waals surface area contributed by atoms with Gasteiger partial charge in [-0.3, -0.25) is 9.80 Å². The van der Waals surface area contributed by atoms with Crippen LogP contribution in [0.3, 0.4) is 0 Å². The molecule has 3 aromatic rings. The van der Waals surface area contributed by atoms with E-state index in [1.54, 1.807) is 18.5 Å². The summed E-state index contributed by atoms with van der Waals surface area (Å²) in [5, 5.41) is 4.04. The van der Waals surface area contributed by atoms with Crippen molar-refractivity contribution in [2.45, 2.75) is 19.3 Å². The Labute approximate surface area is 195 Å². The molecular weight excluding hydrogens is 449 g/mol. The van der Waals surface area contributed by atoms with E-state index in [4.69, 9.17) is 4.52 Å². The lowest BCUT2D eigenvalue weighted by Gasteiger charge is -2.34. The van der Waals surface area contributed by atoms with Gasteiger partial charge in [0.2, 0.25) is 5.95 Å². The number of ether oxygens (including phenoxy) is 1. The number of nitrogens with zero attached hydrogens (tertiary/aromatic N) is 6. The molecule has 182 valence electrons. The van der Waals surface area contributed by atoms with Crippen LogP contribution in [-0.4, -0.2) is 77.6 Å². The van der Waals surface area contributed by atoms with Gasteiger partial charge < -0.3 is 14.2 Å². The zero-order chi connectivity index (χ0) is 24.0. The number of hydrogen-bond donors (Lipinski definition) is 0. The van der Waals surface area contributed by atoms with E-state index in [1.807, 2.05) is 13.1 Å². The van der Waals surface area contributed by atoms with Gasteiger partial charge in [-0.25, -0.2) is 9.97 Å². The molecule has 8 nitrogen and oxygen atoms in total. The molecule has 34 heavy (non-hydrogen) atoms. The Bertz CT molecular complexity index is 1020. The third-order valence-electron chi connectivity index (χ3n) is 5.59. The standard InChI is InChI=1S/C23H27F3N6O2/c1-30(10-3-11-31-12-14-32(15-13-31)22-27-8-2-9-28-22)17-20-16-21(29-34-20)18-4-6-19(7-5-18)33-23(24,25)26/h2,4-9,16H,3,10-15,17H2,1H3. The Kier molecular flexibility index (Phi) is 7.63. The summed E-state index contributed by atoms with van der Waals surface area (Å²) in [6.07, 6.45) is -0.144. The minimum Gasteiger partial charge on any atom is -0.406 e. The maximum atomic E-state index is 12.3. The first-order chi connectivity index (χ1) is 16.4. The Balaban J connectivity index is 1.18. The molecule has 0 bridgehead atoms. The third-order valence-corrected chi connectivity index (χ3v) is 5.59. The van der Waals surface area contributed by atoms with Crippen LogP contribution in [0.15, 0.2) is 53.3 Å². The molecule has 1 saturated heterocycles. The first-order valence-corrected chi connectivity index (χ1v) is 11.1. The van der Waals surface area contributed by atoms with Gasteiger partial charge in [0, 0.05) is 50.2 Å². The summed E-state index contributed by atoms with van der Waals surface area (Å²) in [4.78, 5) is 15.5. The number of benzene rings is 1. The number of halogens is 3. The van der Waals surface area contributed by atoms with Gasteiger partial charge in [-0.15, -0.1) is 13.2 Å². The van der Waals surface area contributed by atoms with Crippen molar-refractivity contribution in [1.82, 2.24) is 24.9 Å². The SMILES string of the molecule is CN(CCCN1CCN(c2ncccn2)CC1)Cc1cc(-c2ccc(OC(F)(F)F)cc2)no1. The minimum atomic E-state index is -4.71. The van der Waals surface area contributed by atoms with Crippen molar-refractivity contribution < 1.29 is 22.4 Å². The summed E-state index contributed by atoms with van der Waals surface area (Å²) in [6.45, 7) is 6.33. The van der Waals surface area contributed by atoms with Gasteiger partial charge in [-0.2, -0.15) is 0 Å². The Morgan fingerprint density at radius 2 is 1.76 bits per heavy atom. The van der Waals surface area contributed by atoms with Crippen LogP contribution in [0.5, 0.6) is 5.75 Å². The summed E-state index contributed by atoms with van der Waals surface area (Å²) >= 11 is 0. The van der Waals surface area contributed by atoms with E-state index in [2.05, 4.69) is 34.6 Å². The topological polar surface area (TPSA) is 70.8 Å². The molecule has 1 fully saturated rings. The van der Waals surface area contributed by atoms with E-state index in [1.165, 1.54) is 24.3 Å². The average molecular weight is 477 g/mol. The van der Waals surface area contributed by atoms with Crippen LogP contribution in [0.25, 0.3) is 11.3 Å². The van der Waals surface area contributed by atoms with Crippen molar-refractivity contribution in [2.24, 2.45) is 0 Å². The fourth-order valence-corrected chi connectivity index (χ4v) is 3.89. The number of anilines is 1. The van der Waals surface area contributed by atoms with E-state index in [0.29, 0.717) is 23.6 Å². The van der Waals surface area contributed by atoms with Crippen molar-refractivity contribution in [3.05, 3.63) is 54.6 Å². The summed E-state index contributed by atoms with van der Waals surface area (Å²) in [7, 11) is 2.02. The summed E-state index contributed by atoms with van der Waals surface area (Å²) in [5.41, 5.74) is 1.23. The fourth-order valence-electron chi connectivity index (χ4n) is 3.89. The number of aromatic nitrogens is 3. The van der Waals surface area contributed by atoms with Crippen LogP contribution in [0.4, 0.5) is 19.1 Å². The molecule has 0 amide bonds. The molecule has 0 spiro atoms. The summed E-state index contributed by atoms with van der Waals surface area (Å²) in [6, 6.07) is 9.20. The van der Waals surface area contributed by atoms with E-state index in [9.17, 15) is 13.2 Å². The molecule has 2 aromatic heterocycles. The van der Waals surface area contributed by atoms with Crippen LogP contribution in [0.2, 0.25) is 0 Å². The van der Waals surface area contributed by atoms with Gasteiger partial charge in [-0.05, 0) is 56.9 Å². The first-order valence-electron chi connectivity index (χ1n) is 11.1. The predicted octanol–water partition coefficient (Wildman–Crippen LogP) is 3.67. The van der Waals surface area contributed by atoms with Crippen molar-refractivity contribution >= 4 is 5.95 Å². The fraction of sp³-hybridized carbons (Fsp3) is 0.435. The lowest BCUT2D eigenvalue weighted by atomic mass is 10.1. The van der Waals surface area contributed by atoms with Crippen LogP contribution in [-0.2, 0) is 6.54 Å². The second kappa shape index (κ2) is 10.8. The Morgan fingerprint density at radius 3 is 2.44 bits per heavy atom. The van der Waals surface area contributed by atoms with Gasteiger partial charge in [-0.1, -0.05) is 5.16 Å². The van der Waals surface area contributed by atoms with E-state index < -0.39 is 6.36 Å². The quantitative estimate of drug-likeness (QED) is 0.463. The van der Waals surface area contributed by atoms with Gasteiger partial charge in [0.25, 0.3) is 0 Å². The van der Waals surface area contributed by atoms with Gasteiger partial charge in [0.1, 0.15) is 11.4 Å². The molecule has 0 unspecified atom stereocenters. The highest BCUT2D eigenvalue weighted by Crippen LogP contribution is 2.26. The number of hydrogen-bond acceptors (Lipinski definition) is 8. The molecule has 11 heteroatoms. The Hall–Kier alpha value is -3.18. The van der Waals surface area contributed by atoms with Gasteiger partial charge in [0.15, 0.2) is 5.76 Å². The zero-order valence-corrected chi connectivity index (χ0v) is 18.9. The van der Waals surface area contributed by atoms with Crippen LogP contribution in [0.1, 0.15) is 12.2 Å². The molecule has 1 aliphatic heterocycles. The van der Waals surface area contributed by atoms with Crippen molar-refractivity contribution in [3.63, 3.8) is 0 Å². The summed E-state index contributed by atoms with van der Waals surface area (Å²) < 4.78 is 46.2. The third kappa shape index (κ3) is 6.91. The largest absolute Gasteiger partial charge is 0.573 e. The van der Waals surface area contributed by atoms with E-state index in [0.717, 1.165) is 51.6 Å². The maximum Gasteiger partial charge on any atom is 0.573 e. The van der Waals surface area contributed by atoms with Crippen molar-refractivity contribution in [3.8, 4) is 17.0 Å². The van der Waals surface area contributed by atoms with Gasteiger partial charge in [0.05, 0.1) is 6.54 Å². The number of alkyl halides is 3. The number of rotatable bonds is 9. The highest BCUT2D eigenvalue weighted by Gasteiger charge is 2.31. The molecule has 0 aliphatic carbocycles. The van der Waals surface area contributed by atoms with Crippen LogP contribution < -0.4 is 9.64 Å². The lowest BCUT2D eigenvalue weighted by molar-refractivity contribution is -0.274. The molecule has 0 saturated carbocycles. The molecule has 0 atom stereocenters. The smallest absolute Gasteiger partial charge is 0.406 e. The van der Waals surface area contributed by atoms with Gasteiger partial charge >= 0.3 is 6.36 Å². The van der Waals surface area contributed by atoms with E-state index >= 15 is 0 Å². The monoisotopic (exact) mass is 476 g/mol. The average Bonchev–Trinajstić information content (AvgIpc) is 3.28. The molecule has 1 aliphatic rings. The highest BCUT2D eigenvalue weighted by atomic mass is 19.4. The van der Waals surface area contributed by atoms with Crippen LogP contribution in [0, 0.1) is 0 Å². The molecular formula is C23H27F3N6O2. The lowest BCUT2D eigenvalue weighted by Crippen LogP contribution is -2.47. The normalized spacial score (nSPS) is 15.1. The molecule has 0 N–H and O–H groups in total. The van der Waals surface area contributed by atoms with Crippen LogP contribution >= 0.6 is 0 Å². The first kappa shape index (κ1) is 24.0. The maximum absolute atomic E-state index is 12.3. The molecule has 3 heterocycles. The highest BCUT2D eigenvalue weighted by molar-refractivity contribution is 5.59. The minimum absolute atomic E-state index is 0.269. The second-order valence-corrected chi connectivity index (χ2v) is 8.22. The zero-order valence-electron chi connectivity index (χ0n) is 18.9. The summed E-state index contributed by atoms with van der Waals surface area (Å²) in [5.74, 6) is 1.22. The van der Waals surface area contributed by atoms with Crippen molar-refractivity contribution in [2.75, 3.05) is 51.2 Å². The predicted molar refractivity (Wildman–Crippen MR) is 120 cm³/mol. The molecule has 0 radical (unpaired) electrons. The molecule has 4 rings (SSSR count). The Morgan fingerprint density at radius 1 is 1.06 bits per heavy atom.